The fraction of sp³-hybridized carbons (Fsp3) is 0.474. The number of aromatic nitrogens is 2. The van der Waals surface area contributed by atoms with Gasteiger partial charge in [-0.05, 0) is 18.1 Å². The van der Waals surface area contributed by atoms with Gasteiger partial charge in [-0.1, -0.05) is 18.2 Å². The highest BCUT2D eigenvalue weighted by Crippen LogP contribution is 2.28. The Kier molecular flexibility index (Phi) is 5.93. The molecule has 1 saturated heterocycles. The third-order valence-electron chi connectivity index (χ3n) is 5.19. The standard InChI is InChI=1S/C19H23F3N5O/c1-13-5-4-6-15(23)14(13)12-27(10-9-26-7-2-3-8-26)18(28)16-11-17(25-24-16)19(20,21)22/h4-6,11,23H,2-3,7-10,12H2,1H3,(H,24,25,28)/q-1/p+1. The zero-order valence-electron chi connectivity index (χ0n) is 15.7. The summed E-state index contributed by atoms with van der Waals surface area (Å²) in [6, 6.07) is 6.02. The zero-order chi connectivity index (χ0) is 20.3. The molecule has 9 heteroatoms. The highest BCUT2D eigenvalue weighted by atomic mass is 19.4. The van der Waals surface area contributed by atoms with Crippen LogP contribution in [-0.4, -0.2) is 47.2 Å². The summed E-state index contributed by atoms with van der Waals surface area (Å²) in [7, 11) is 0. The van der Waals surface area contributed by atoms with E-state index < -0.39 is 17.8 Å². The molecule has 1 aliphatic heterocycles. The monoisotopic (exact) mass is 395 g/mol. The number of amides is 1. The number of aryl methyl sites for hydroxylation is 1. The van der Waals surface area contributed by atoms with Crippen LogP contribution in [0.15, 0.2) is 24.3 Å². The van der Waals surface area contributed by atoms with Crippen molar-refractivity contribution in [3.05, 3.63) is 52.5 Å². The van der Waals surface area contributed by atoms with Crippen molar-refractivity contribution in [3.8, 4) is 0 Å². The number of hydrogen-bond acceptors (Lipinski definition) is 2. The van der Waals surface area contributed by atoms with Gasteiger partial charge in [-0.3, -0.25) is 9.89 Å². The first kappa shape index (κ1) is 20.2. The van der Waals surface area contributed by atoms with Crippen LogP contribution in [0, 0.1) is 6.92 Å². The SMILES string of the molecule is Cc1cccc([NH-])c1CN(CC[NH+]1CCCC1)C(=O)c1cc(C(F)(F)F)[nH]n1. The maximum absolute atomic E-state index is 12.9. The minimum Gasteiger partial charge on any atom is -0.698 e. The molecule has 0 saturated carbocycles. The molecule has 3 rings (SSSR count). The Bertz CT molecular complexity index is 807. The molecule has 0 atom stereocenters. The number of H-pyrrole nitrogens is 1. The Balaban J connectivity index is 1.82. The molecule has 0 aliphatic carbocycles. The fourth-order valence-corrected chi connectivity index (χ4v) is 3.51. The Hall–Kier alpha value is -2.55. The largest absolute Gasteiger partial charge is 0.698 e. The number of nitrogens with zero attached hydrogens (tertiary/aromatic N) is 2. The number of aromatic amines is 1. The number of carbonyl (C=O) groups excluding carboxylic acids is 1. The summed E-state index contributed by atoms with van der Waals surface area (Å²) < 4.78 is 38.5. The molecule has 1 aromatic carbocycles. The molecule has 6 nitrogen and oxygen atoms in total. The molecule has 1 fully saturated rings. The van der Waals surface area contributed by atoms with E-state index >= 15 is 0 Å². The normalized spacial score (nSPS) is 15.1. The van der Waals surface area contributed by atoms with Gasteiger partial charge in [-0.2, -0.15) is 18.3 Å². The van der Waals surface area contributed by atoms with Crippen molar-refractivity contribution in [1.29, 1.82) is 0 Å². The van der Waals surface area contributed by atoms with Crippen LogP contribution in [0.2, 0.25) is 0 Å². The minimum atomic E-state index is -4.58. The van der Waals surface area contributed by atoms with Crippen LogP contribution < -0.4 is 4.90 Å². The second kappa shape index (κ2) is 8.22. The van der Waals surface area contributed by atoms with E-state index in [0.29, 0.717) is 17.8 Å². The van der Waals surface area contributed by atoms with Crippen LogP contribution >= 0.6 is 0 Å². The Morgan fingerprint density at radius 2 is 2.04 bits per heavy atom. The van der Waals surface area contributed by atoms with Gasteiger partial charge in [0, 0.05) is 25.5 Å². The van der Waals surface area contributed by atoms with E-state index in [2.05, 4.69) is 5.10 Å². The van der Waals surface area contributed by atoms with Crippen LogP contribution in [-0.2, 0) is 12.7 Å². The Labute approximate surface area is 161 Å². The zero-order valence-corrected chi connectivity index (χ0v) is 15.7. The van der Waals surface area contributed by atoms with Gasteiger partial charge in [-0.25, -0.2) is 0 Å². The van der Waals surface area contributed by atoms with E-state index in [1.165, 1.54) is 9.80 Å². The van der Waals surface area contributed by atoms with E-state index in [0.717, 1.165) is 44.1 Å². The molecule has 0 spiro atoms. The molecular formula is C19H24F3N5O. The first-order valence-corrected chi connectivity index (χ1v) is 9.31. The van der Waals surface area contributed by atoms with Gasteiger partial charge in [0.2, 0.25) is 0 Å². The molecule has 1 amide bonds. The quantitative estimate of drug-likeness (QED) is 0.789. The van der Waals surface area contributed by atoms with Crippen LogP contribution in [0.3, 0.4) is 0 Å². The number of rotatable bonds is 6. The molecule has 2 aromatic rings. The lowest BCUT2D eigenvalue weighted by Gasteiger charge is -2.26. The van der Waals surface area contributed by atoms with Crippen molar-refractivity contribution in [1.82, 2.24) is 15.1 Å². The maximum Gasteiger partial charge on any atom is 0.432 e. The summed E-state index contributed by atoms with van der Waals surface area (Å²) >= 11 is 0. The summed E-state index contributed by atoms with van der Waals surface area (Å²) in [5.74, 6) is -0.562. The summed E-state index contributed by atoms with van der Waals surface area (Å²) in [6.07, 6.45) is -2.29. The first-order chi connectivity index (χ1) is 13.3. The topological polar surface area (TPSA) is 77.2 Å². The van der Waals surface area contributed by atoms with Gasteiger partial charge in [-0.15, -0.1) is 5.69 Å². The van der Waals surface area contributed by atoms with Crippen molar-refractivity contribution in [2.45, 2.75) is 32.5 Å². The third kappa shape index (κ3) is 4.64. The number of carbonyl (C=O) groups is 1. The average Bonchev–Trinajstić information content (AvgIpc) is 3.31. The van der Waals surface area contributed by atoms with Crippen molar-refractivity contribution in [2.75, 3.05) is 26.2 Å². The van der Waals surface area contributed by atoms with Crippen LogP contribution in [0.5, 0.6) is 0 Å². The molecule has 0 unspecified atom stereocenters. The molecule has 28 heavy (non-hydrogen) atoms. The van der Waals surface area contributed by atoms with Crippen molar-refractivity contribution in [2.24, 2.45) is 0 Å². The summed E-state index contributed by atoms with van der Waals surface area (Å²) in [6.45, 7) is 5.23. The van der Waals surface area contributed by atoms with E-state index in [9.17, 15) is 18.0 Å². The second-order valence-corrected chi connectivity index (χ2v) is 7.20. The van der Waals surface area contributed by atoms with Crippen LogP contribution in [0.1, 0.15) is 40.2 Å². The predicted molar refractivity (Wildman–Crippen MR) is 98.3 cm³/mol. The number of quaternary nitrogens is 1. The van der Waals surface area contributed by atoms with E-state index in [-0.39, 0.29) is 12.2 Å². The minimum absolute atomic E-state index is 0.172. The third-order valence-corrected chi connectivity index (χ3v) is 5.19. The molecule has 1 aromatic heterocycles. The van der Waals surface area contributed by atoms with Crippen LogP contribution in [0.4, 0.5) is 18.9 Å². The van der Waals surface area contributed by atoms with Crippen molar-refractivity contribution >= 4 is 11.6 Å². The summed E-state index contributed by atoms with van der Waals surface area (Å²) in [5, 5.41) is 5.48. The first-order valence-electron chi connectivity index (χ1n) is 9.31. The molecular weight excluding hydrogens is 371 g/mol. The van der Waals surface area contributed by atoms with Gasteiger partial charge in [0.1, 0.15) is 5.69 Å². The van der Waals surface area contributed by atoms with Gasteiger partial charge in [0.15, 0.2) is 5.69 Å². The lowest BCUT2D eigenvalue weighted by Crippen LogP contribution is -3.10. The Morgan fingerprint density at radius 1 is 1.32 bits per heavy atom. The van der Waals surface area contributed by atoms with Gasteiger partial charge in [0.25, 0.3) is 5.91 Å². The van der Waals surface area contributed by atoms with E-state index in [1.54, 1.807) is 12.1 Å². The van der Waals surface area contributed by atoms with Gasteiger partial charge < -0.3 is 15.5 Å². The molecule has 3 N–H and O–H groups in total. The number of likely N-dealkylation sites (tertiary alicyclic amines) is 1. The number of alkyl halides is 3. The van der Waals surface area contributed by atoms with Crippen molar-refractivity contribution < 1.29 is 22.9 Å². The van der Waals surface area contributed by atoms with Gasteiger partial charge >= 0.3 is 6.18 Å². The highest BCUT2D eigenvalue weighted by molar-refractivity contribution is 5.92. The van der Waals surface area contributed by atoms with Crippen molar-refractivity contribution in [3.63, 3.8) is 0 Å². The van der Waals surface area contributed by atoms with E-state index in [1.807, 2.05) is 18.1 Å². The lowest BCUT2D eigenvalue weighted by molar-refractivity contribution is -0.886. The number of benzene rings is 1. The number of halogens is 3. The number of hydrogen-bond donors (Lipinski definition) is 2. The summed E-state index contributed by atoms with van der Waals surface area (Å²) in [4.78, 5) is 15.8. The highest BCUT2D eigenvalue weighted by Gasteiger charge is 2.34. The Morgan fingerprint density at radius 3 is 2.64 bits per heavy atom. The lowest BCUT2D eigenvalue weighted by atomic mass is 10.1. The molecule has 152 valence electrons. The van der Waals surface area contributed by atoms with Crippen LogP contribution in [0.25, 0.3) is 5.73 Å². The predicted octanol–water partition coefficient (Wildman–Crippen LogP) is 2.74. The second-order valence-electron chi connectivity index (χ2n) is 7.20. The average molecular weight is 395 g/mol. The molecule has 0 radical (unpaired) electrons. The molecule has 1 aliphatic rings. The van der Waals surface area contributed by atoms with Gasteiger partial charge in [0.05, 0.1) is 26.2 Å². The number of nitrogens with one attached hydrogen (secondary N) is 3. The molecule has 0 bridgehead atoms. The molecule has 2 heterocycles. The smallest absolute Gasteiger partial charge is 0.432 e. The summed E-state index contributed by atoms with van der Waals surface area (Å²) in [5.41, 5.74) is 8.69. The van der Waals surface area contributed by atoms with E-state index in [4.69, 9.17) is 5.73 Å². The maximum atomic E-state index is 12.9. The fourth-order valence-electron chi connectivity index (χ4n) is 3.51.